The topological polar surface area (TPSA) is 62.3 Å². The molecule has 2 aliphatic rings. The van der Waals surface area contributed by atoms with Crippen LogP contribution in [0.5, 0.6) is 0 Å². The predicted octanol–water partition coefficient (Wildman–Crippen LogP) is 2.69. The second-order valence-electron chi connectivity index (χ2n) is 7.25. The molecule has 1 saturated heterocycles. The lowest BCUT2D eigenvalue weighted by molar-refractivity contribution is -0.138. The van der Waals surface area contributed by atoms with Gasteiger partial charge < -0.3 is 10.2 Å². The number of aryl methyl sites for hydroxylation is 1. The van der Waals surface area contributed by atoms with Crippen molar-refractivity contribution in [3.05, 3.63) is 29.6 Å². The first kappa shape index (κ1) is 16.9. The average molecular weight is 329 g/mol. The van der Waals surface area contributed by atoms with Gasteiger partial charge in [-0.25, -0.2) is 4.98 Å². The van der Waals surface area contributed by atoms with Gasteiger partial charge in [0.2, 0.25) is 5.91 Å². The molecule has 2 atom stereocenters. The molecule has 1 aliphatic heterocycles. The Kier molecular flexibility index (Phi) is 4.88. The number of hydrogen-bond donors (Lipinski definition) is 1. The standard InChI is InChI=1S/C19H27N3O2/c1-3-11-22-12-10-19(18(22)24)9-5-7-15(13-19)21-17(23)16-8-4-6-14(2)20-16/h4,6,8,15H,3,5,7,9-13H2,1-2H3,(H,21,23)/t15-,19-/m0/s1. The Bertz CT molecular complexity index is 631. The van der Waals surface area contributed by atoms with E-state index in [2.05, 4.69) is 17.2 Å². The Labute approximate surface area is 143 Å². The Morgan fingerprint density at radius 1 is 1.42 bits per heavy atom. The van der Waals surface area contributed by atoms with E-state index in [9.17, 15) is 9.59 Å². The van der Waals surface area contributed by atoms with Crippen LogP contribution in [0.2, 0.25) is 0 Å². The highest BCUT2D eigenvalue weighted by atomic mass is 16.2. The van der Waals surface area contributed by atoms with Crippen LogP contribution < -0.4 is 5.32 Å². The molecule has 0 aromatic carbocycles. The first-order valence-electron chi connectivity index (χ1n) is 9.08. The SMILES string of the molecule is CCCN1CC[C@]2(CCC[C@H](NC(=O)c3cccc(C)n3)C2)C1=O. The summed E-state index contributed by atoms with van der Waals surface area (Å²) >= 11 is 0. The molecule has 5 nitrogen and oxygen atoms in total. The van der Waals surface area contributed by atoms with Crippen molar-refractivity contribution in [2.45, 2.75) is 58.4 Å². The maximum atomic E-state index is 12.8. The van der Waals surface area contributed by atoms with E-state index in [0.29, 0.717) is 11.6 Å². The minimum Gasteiger partial charge on any atom is -0.348 e. The molecule has 1 spiro atoms. The van der Waals surface area contributed by atoms with Gasteiger partial charge in [-0.3, -0.25) is 9.59 Å². The number of pyridine rings is 1. The number of aromatic nitrogens is 1. The summed E-state index contributed by atoms with van der Waals surface area (Å²) in [5.41, 5.74) is 1.05. The number of amides is 2. The zero-order valence-electron chi connectivity index (χ0n) is 14.7. The van der Waals surface area contributed by atoms with Gasteiger partial charge in [0.05, 0.1) is 5.41 Å². The monoisotopic (exact) mass is 329 g/mol. The van der Waals surface area contributed by atoms with E-state index in [1.807, 2.05) is 24.0 Å². The van der Waals surface area contributed by atoms with Crippen LogP contribution >= 0.6 is 0 Å². The average Bonchev–Trinajstić information content (AvgIpc) is 2.85. The van der Waals surface area contributed by atoms with Crippen molar-refractivity contribution in [2.24, 2.45) is 5.41 Å². The number of nitrogens with one attached hydrogen (secondary N) is 1. The van der Waals surface area contributed by atoms with Gasteiger partial charge in [0.15, 0.2) is 0 Å². The van der Waals surface area contributed by atoms with E-state index >= 15 is 0 Å². The van der Waals surface area contributed by atoms with E-state index in [-0.39, 0.29) is 17.4 Å². The first-order valence-corrected chi connectivity index (χ1v) is 9.08. The van der Waals surface area contributed by atoms with E-state index < -0.39 is 0 Å². The van der Waals surface area contributed by atoms with Crippen molar-refractivity contribution in [1.82, 2.24) is 15.2 Å². The van der Waals surface area contributed by atoms with E-state index in [1.165, 1.54) is 0 Å². The largest absolute Gasteiger partial charge is 0.348 e. The van der Waals surface area contributed by atoms with Gasteiger partial charge in [-0.1, -0.05) is 19.4 Å². The summed E-state index contributed by atoms with van der Waals surface area (Å²) in [6.07, 6.45) is 5.60. The van der Waals surface area contributed by atoms with Gasteiger partial charge in [-0.05, 0) is 51.2 Å². The molecule has 24 heavy (non-hydrogen) atoms. The van der Waals surface area contributed by atoms with E-state index in [1.54, 1.807) is 6.07 Å². The molecule has 0 radical (unpaired) electrons. The van der Waals surface area contributed by atoms with E-state index in [0.717, 1.165) is 57.3 Å². The molecule has 1 aliphatic carbocycles. The van der Waals surface area contributed by atoms with Crippen LogP contribution in [0.15, 0.2) is 18.2 Å². The van der Waals surface area contributed by atoms with Crippen molar-refractivity contribution >= 4 is 11.8 Å². The molecule has 1 N–H and O–H groups in total. The Morgan fingerprint density at radius 2 is 2.25 bits per heavy atom. The Morgan fingerprint density at radius 3 is 3.00 bits per heavy atom. The predicted molar refractivity (Wildman–Crippen MR) is 92.6 cm³/mol. The van der Waals surface area contributed by atoms with Crippen molar-refractivity contribution < 1.29 is 9.59 Å². The second-order valence-corrected chi connectivity index (χ2v) is 7.25. The van der Waals surface area contributed by atoms with Gasteiger partial charge in [0, 0.05) is 24.8 Å². The third-order valence-electron chi connectivity index (χ3n) is 5.40. The summed E-state index contributed by atoms with van der Waals surface area (Å²) in [5, 5.41) is 3.11. The number of carbonyl (C=O) groups is 2. The van der Waals surface area contributed by atoms with Crippen molar-refractivity contribution in [1.29, 1.82) is 0 Å². The highest BCUT2D eigenvalue weighted by Gasteiger charge is 2.48. The van der Waals surface area contributed by atoms with Crippen LogP contribution in [0.4, 0.5) is 0 Å². The smallest absolute Gasteiger partial charge is 0.270 e. The van der Waals surface area contributed by atoms with Crippen molar-refractivity contribution in [2.75, 3.05) is 13.1 Å². The van der Waals surface area contributed by atoms with Crippen molar-refractivity contribution in [3.63, 3.8) is 0 Å². The third-order valence-corrected chi connectivity index (χ3v) is 5.40. The van der Waals surface area contributed by atoms with Crippen LogP contribution in [0.25, 0.3) is 0 Å². The molecule has 2 fully saturated rings. The summed E-state index contributed by atoms with van der Waals surface area (Å²) in [7, 11) is 0. The lowest BCUT2D eigenvalue weighted by Crippen LogP contribution is -2.46. The zero-order valence-corrected chi connectivity index (χ0v) is 14.7. The summed E-state index contributed by atoms with van der Waals surface area (Å²) in [5.74, 6) is 0.175. The molecule has 1 saturated carbocycles. The summed E-state index contributed by atoms with van der Waals surface area (Å²) in [6.45, 7) is 5.71. The maximum Gasteiger partial charge on any atom is 0.270 e. The molecular formula is C19H27N3O2. The Hall–Kier alpha value is -1.91. The lowest BCUT2D eigenvalue weighted by Gasteiger charge is -2.36. The molecule has 1 aromatic heterocycles. The van der Waals surface area contributed by atoms with Gasteiger partial charge in [0.1, 0.15) is 5.69 Å². The number of hydrogen-bond acceptors (Lipinski definition) is 3. The number of likely N-dealkylation sites (tertiary alicyclic amines) is 1. The molecular weight excluding hydrogens is 302 g/mol. The minimum absolute atomic E-state index is 0.0686. The van der Waals surface area contributed by atoms with Gasteiger partial charge in [0.25, 0.3) is 5.91 Å². The highest BCUT2D eigenvalue weighted by molar-refractivity contribution is 5.92. The molecule has 1 aromatic rings. The molecule has 0 unspecified atom stereocenters. The molecule has 130 valence electrons. The van der Waals surface area contributed by atoms with Crippen LogP contribution in [0, 0.1) is 12.3 Å². The maximum absolute atomic E-state index is 12.8. The third kappa shape index (κ3) is 3.30. The minimum atomic E-state index is -0.245. The highest BCUT2D eigenvalue weighted by Crippen LogP contribution is 2.44. The fraction of sp³-hybridized carbons (Fsp3) is 0.632. The lowest BCUT2D eigenvalue weighted by atomic mass is 9.71. The summed E-state index contributed by atoms with van der Waals surface area (Å²) in [4.78, 5) is 31.6. The van der Waals surface area contributed by atoms with Crippen LogP contribution in [-0.2, 0) is 4.79 Å². The Balaban J connectivity index is 1.66. The molecule has 2 heterocycles. The quantitative estimate of drug-likeness (QED) is 0.924. The van der Waals surface area contributed by atoms with Crippen LogP contribution in [-0.4, -0.2) is 40.8 Å². The molecule has 0 bridgehead atoms. The van der Waals surface area contributed by atoms with Gasteiger partial charge in [-0.15, -0.1) is 0 Å². The van der Waals surface area contributed by atoms with Crippen molar-refractivity contribution in [3.8, 4) is 0 Å². The number of carbonyl (C=O) groups excluding carboxylic acids is 2. The van der Waals surface area contributed by atoms with Crippen LogP contribution in [0.1, 0.15) is 61.6 Å². The summed E-state index contributed by atoms with van der Waals surface area (Å²) in [6, 6.07) is 5.54. The zero-order chi connectivity index (χ0) is 17.2. The van der Waals surface area contributed by atoms with E-state index in [4.69, 9.17) is 0 Å². The molecule has 2 amide bonds. The van der Waals surface area contributed by atoms with Crippen LogP contribution in [0.3, 0.4) is 0 Å². The second kappa shape index (κ2) is 6.91. The molecule has 3 rings (SSSR count). The fourth-order valence-electron chi connectivity index (χ4n) is 4.21. The van der Waals surface area contributed by atoms with Gasteiger partial charge in [-0.2, -0.15) is 0 Å². The summed E-state index contributed by atoms with van der Waals surface area (Å²) < 4.78 is 0. The fourth-order valence-corrected chi connectivity index (χ4v) is 4.21. The number of nitrogens with zero attached hydrogens (tertiary/aromatic N) is 2. The number of rotatable bonds is 4. The normalized spacial score (nSPS) is 26.8. The van der Waals surface area contributed by atoms with Gasteiger partial charge >= 0.3 is 0 Å². The molecule has 5 heteroatoms. The first-order chi connectivity index (χ1) is 11.5.